The molecule has 1 unspecified atom stereocenters. The van der Waals surface area contributed by atoms with Crippen LogP contribution in [0.1, 0.15) is 58.3 Å². The quantitative estimate of drug-likeness (QED) is 0.240. The van der Waals surface area contributed by atoms with Crippen molar-refractivity contribution >= 4 is 13.6 Å². The van der Waals surface area contributed by atoms with E-state index in [2.05, 4.69) is 6.58 Å². The van der Waals surface area contributed by atoms with Gasteiger partial charge in [-0.25, -0.2) is 4.79 Å². The van der Waals surface area contributed by atoms with Gasteiger partial charge in [0.25, 0.3) is 0 Å². The summed E-state index contributed by atoms with van der Waals surface area (Å²) < 4.78 is 20.7. The average molecular weight is 320 g/mol. The van der Waals surface area contributed by atoms with Gasteiger partial charge in [0.15, 0.2) is 0 Å². The molecule has 1 N–H and O–H groups in total. The second kappa shape index (κ2) is 12.0. The third-order valence-corrected chi connectivity index (χ3v) is 3.61. The van der Waals surface area contributed by atoms with Crippen molar-refractivity contribution < 1.29 is 23.5 Å². The molecule has 21 heavy (non-hydrogen) atoms. The minimum atomic E-state index is -3.30. The summed E-state index contributed by atoms with van der Waals surface area (Å²) in [5, 5.41) is 0. The Balaban J connectivity index is 3.18. The van der Waals surface area contributed by atoms with E-state index in [0.29, 0.717) is 18.8 Å². The van der Waals surface area contributed by atoms with Crippen molar-refractivity contribution in [2.45, 2.75) is 58.3 Å². The molecule has 0 amide bonds. The molecule has 0 saturated heterocycles. The molecule has 1 atom stereocenters. The van der Waals surface area contributed by atoms with Crippen molar-refractivity contribution in [3.63, 3.8) is 0 Å². The molecule has 0 rings (SSSR count). The van der Waals surface area contributed by atoms with Gasteiger partial charge < -0.3 is 14.2 Å². The molecule has 0 radical (unpaired) electrons. The summed E-state index contributed by atoms with van der Waals surface area (Å²) in [6, 6.07) is 0. The molecule has 6 heteroatoms. The van der Waals surface area contributed by atoms with Crippen LogP contribution in [0.4, 0.5) is 0 Å². The Morgan fingerprint density at radius 1 is 1.00 bits per heavy atom. The summed E-state index contributed by atoms with van der Waals surface area (Å²) in [5.74, 6) is -0.309. The van der Waals surface area contributed by atoms with Crippen LogP contribution in [0, 0.1) is 0 Å². The van der Waals surface area contributed by atoms with Crippen LogP contribution in [-0.4, -0.2) is 30.7 Å². The first-order valence-electron chi connectivity index (χ1n) is 7.60. The second-order valence-electron chi connectivity index (χ2n) is 5.38. The van der Waals surface area contributed by atoms with Gasteiger partial charge in [-0.05, 0) is 19.8 Å². The molecule has 5 nitrogen and oxygen atoms in total. The maximum Gasteiger partial charge on any atom is 0.333 e. The van der Waals surface area contributed by atoms with Crippen molar-refractivity contribution in [2.75, 3.05) is 19.9 Å². The van der Waals surface area contributed by atoms with E-state index >= 15 is 0 Å². The Kier molecular flexibility index (Phi) is 11.6. The van der Waals surface area contributed by atoms with E-state index in [0.717, 1.165) is 44.9 Å². The van der Waals surface area contributed by atoms with Gasteiger partial charge >= 0.3 is 13.6 Å². The zero-order valence-electron chi connectivity index (χ0n) is 13.3. The average Bonchev–Trinajstić information content (AvgIpc) is 2.38. The number of ether oxygens (including phenoxy) is 1. The van der Waals surface area contributed by atoms with Crippen LogP contribution in [0.15, 0.2) is 12.2 Å². The van der Waals surface area contributed by atoms with Gasteiger partial charge in [0.2, 0.25) is 0 Å². The summed E-state index contributed by atoms with van der Waals surface area (Å²) in [7, 11) is -3.30. The maximum absolute atomic E-state index is 11.1. The molecule has 0 aromatic rings. The molecule has 124 valence electrons. The van der Waals surface area contributed by atoms with E-state index in [4.69, 9.17) is 14.2 Å². The number of carbonyl (C=O) groups excluding carboxylic acids is 1. The van der Waals surface area contributed by atoms with Gasteiger partial charge in [-0.1, -0.05) is 45.1 Å². The molecule has 0 aliphatic rings. The summed E-state index contributed by atoms with van der Waals surface area (Å²) in [4.78, 5) is 20.0. The molecule has 0 saturated carbocycles. The van der Waals surface area contributed by atoms with Gasteiger partial charge in [0, 0.05) is 12.2 Å². The predicted octanol–water partition coefficient (Wildman–Crippen LogP) is 4.06. The lowest BCUT2D eigenvalue weighted by Crippen LogP contribution is -2.05. The molecular weight excluding hydrogens is 291 g/mol. The standard InChI is InChI=1S/C15H29O5P/c1-14(2)15(16)19-12-10-8-6-4-5-7-9-11-13-20-21(3,17)18/h1,4-13H2,2-3H3,(H,17,18). The molecule has 0 aliphatic carbocycles. The van der Waals surface area contributed by atoms with Crippen molar-refractivity contribution in [2.24, 2.45) is 0 Å². The summed E-state index contributed by atoms with van der Waals surface area (Å²) in [6.45, 7) is 7.21. The maximum atomic E-state index is 11.1. The van der Waals surface area contributed by atoms with Gasteiger partial charge in [-0.15, -0.1) is 0 Å². The summed E-state index contributed by atoms with van der Waals surface area (Å²) in [5.41, 5.74) is 0.444. The van der Waals surface area contributed by atoms with Crippen LogP contribution in [0.25, 0.3) is 0 Å². The number of hydrogen-bond donors (Lipinski definition) is 1. The van der Waals surface area contributed by atoms with Crippen molar-refractivity contribution in [1.29, 1.82) is 0 Å². The summed E-state index contributed by atoms with van der Waals surface area (Å²) >= 11 is 0. The highest BCUT2D eigenvalue weighted by molar-refractivity contribution is 7.51. The third kappa shape index (κ3) is 15.6. The zero-order chi connectivity index (χ0) is 16.1. The Morgan fingerprint density at radius 2 is 1.43 bits per heavy atom. The second-order valence-corrected chi connectivity index (χ2v) is 7.25. The highest BCUT2D eigenvalue weighted by Crippen LogP contribution is 2.36. The SMILES string of the molecule is C=C(C)C(=O)OCCCCCCCCCCOP(C)(=O)O. The molecule has 0 spiro atoms. The normalized spacial score (nSPS) is 13.7. The molecule has 0 fully saturated rings. The highest BCUT2D eigenvalue weighted by atomic mass is 31.2. The zero-order valence-corrected chi connectivity index (χ0v) is 14.2. The van der Waals surface area contributed by atoms with E-state index in [1.54, 1.807) is 6.92 Å². The van der Waals surface area contributed by atoms with Gasteiger partial charge in [-0.3, -0.25) is 4.57 Å². The van der Waals surface area contributed by atoms with E-state index in [1.807, 2.05) is 0 Å². The molecule has 0 bridgehead atoms. The number of rotatable bonds is 13. The molecular formula is C15H29O5P. The Hall–Kier alpha value is -0.640. The predicted molar refractivity (Wildman–Crippen MR) is 84.4 cm³/mol. The lowest BCUT2D eigenvalue weighted by atomic mass is 10.1. The van der Waals surface area contributed by atoms with Gasteiger partial charge in [-0.2, -0.15) is 0 Å². The molecule has 0 aromatic heterocycles. The topological polar surface area (TPSA) is 72.8 Å². The van der Waals surface area contributed by atoms with Crippen molar-refractivity contribution in [3.8, 4) is 0 Å². The van der Waals surface area contributed by atoms with Crippen molar-refractivity contribution in [3.05, 3.63) is 12.2 Å². The number of carbonyl (C=O) groups is 1. The third-order valence-electron chi connectivity index (χ3n) is 2.95. The first-order chi connectivity index (χ1) is 9.83. The minimum absolute atomic E-state index is 0.309. The fraction of sp³-hybridized carbons (Fsp3) is 0.800. The van der Waals surface area contributed by atoms with Gasteiger partial charge in [0.05, 0.1) is 13.2 Å². The highest BCUT2D eigenvalue weighted by Gasteiger charge is 2.08. The van der Waals surface area contributed by atoms with Crippen LogP contribution in [0.2, 0.25) is 0 Å². The van der Waals surface area contributed by atoms with E-state index in [-0.39, 0.29) is 5.97 Å². The molecule has 0 aliphatic heterocycles. The minimum Gasteiger partial charge on any atom is -0.462 e. The smallest absolute Gasteiger partial charge is 0.333 e. The number of unbranched alkanes of at least 4 members (excludes halogenated alkanes) is 7. The van der Waals surface area contributed by atoms with Crippen LogP contribution in [0.5, 0.6) is 0 Å². The lowest BCUT2D eigenvalue weighted by molar-refractivity contribution is -0.139. The first kappa shape index (κ1) is 20.4. The lowest BCUT2D eigenvalue weighted by Gasteiger charge is -2.06. The Morgan fingerprint density at radius 3 is 1.86 bits per heavy atom. The fourth-order valence-electron chi connectivity index (χ4n) is 1.79. The Labute approximate surface area is 128 Å². The first-order valence-corrected chi connectivity index (χ1v) is 9.63. The number of hydrogen-bond acceptors (Lipinski definition) is 4. The van der Waals surface area contributed by atoms with Crippen LogP contribution in [0.3, 0.4) is 0 Å². The van der Waals surface area contributed by atoms with E-state index in [9.17, 15) is 9.36 Å². The summed E-state index contributed by atoms with van der Waals surface area (Å²) in [6.07, 6.45) is 8.40. The van der Waals surface area contributed by atoms with Crippen LogP contribution in [-0.2, 0) is 18.6 Å². The van der Waals surface area contributed by atoms with Crippen LogP contribution < -0.4 is 0 Å². The van der Waals surface area contributed by atoms with Crippen LogP contribution >= 0.6 is 7.60 Å². The van der Waals surface area contributed by atoms with E-state index < -0.39 is 7.60 Å². The molecule has 0 heterocycles. The van der Waals surface area contributed by atoms with Gasteiger partial charge in [0.1, 0.15) is 0 Å². The van der Waals surface area contributed by atoms with E-state index in [1.165, 1.54) is 13.1 Å². The fourth-order valence-corrected chi connectivity index (χ4v) is 2.25. The monoisotopic (exact) mass is 320 g/mol. The Bertz CT molecular complexity index is 348. The largest absolute Gasteiger partial charge is 0.462 e. The molecule has 0 aromatic carbocycles. The van der Waals surface area contributed by atoms with Crippen molar-refractivity contribution in [1.82, 2.24) is 0 Å². The number of esters is 1.